The van der Waals surface area contributed by atoms with Gasteiger partial charge in [-0.25, -0.2) is 4.98 Å². The van der Waals surface area contributed by atoms with Gasteiger partial charge in [-0.2, -0.15) is 4.98 Å². The average molecular weight is 480 g/mol. The van der Waals surface area contributed by atoms with Crippen molar-refractivity contribution in [1.82, 2.24) is 20.2 Å². The van der Waals surface area contributed by atoms with Crippen LogP contribution in [0.3, 0.4) is 0 Å². The number of nitrogens with zero attached hydrogens (tertiary/aromatic N) is 4. The summed E-state index contributed by atoms with van der Waals surface area (Å²) >= 11 is 0. The van der Waals surface area contributed by atoms with Gasteiger partial charge in [0, 0.05) is 56.9 Å². The molecule has 8 heteroatoms. The molecule has 8 nitrogen and oxygen atoms in total. The number of aromatic nitrogens is 2. The van der Waals surface area contributed by atoms with Crippen LogP contribution in [-0.4, -0.2) is 76.3 Å². The highest BCUT2D eigenvalue weighted by atomic mass is 16.5. The molecule has 0 spiro atoms. The second-order valence-corrected chi connectivity index (χ2v) is 9.39. The van der Waals surface area contributed by atoms with E-state index in [1.165, 1.54) is 11.1 Å². The Labute approximate surface area is 210 Å². The molecule has 0 unspecified atom stereocenters. The van der Waals surface area contributed by atoms with Crippen molar-refractivity contribution in [2.75, 3.05) is 77.0 Å². The monoisotopic (exact) mass is 479 g/mol. The van der Waals surface area contributed by atoms with Crippen molar-refractivity contribution in [2.24, 2.45) is 0 Å². The quantitative estimate of drug-likeness (QED) is 0.319. The zero-order valence-corrected chi connectivity index (χ0v) is 22.3. The highest BCUT2D eigenvalue weighted by molar-refractivity contribution is 5.91. The van der Waals surface area contributed by atoms with Crippen molar-refractivity contribution >= 4 is 28.4 Å². The third-order valence-corrected chi connectivity index (χ3v) is 6.08. The number of fused-ring (bicyclic) bond motifs is 1. The van der Waals surface area contributed by atoms with Crippen molar-refractivity contribution in [3.05, 3.63) is 47.0 Å². The van der Waals surface area contributed by atoms with E-state index in [-0.39, 0.29) is 0 Å². The first kappa shape index (κ1) is 26.5. The van der Waals surface area contributed by atoms with Crippen LogP contribution in [0.4, 0.5) is 17.5 Å². The molecule has 0 aliphatic heterocycles. The molecule has 3 rings (SSSR count). The number of anilines is 3. The van der Waals surface area contributed by atoms with Gasteiger partial charge in [0.15, 0.2) is 0 Å². The zero-order valence-electron chi connectivity index (χ0n) is 22.3. The number of ether oxygens (including phenoxy) is 1. The Morgan fingerprint density at radius 2 is 1.69 bits per heavy atom. The van der Waals surface area contributed by atoms with Crippen LogP contribution in [0.2, 0.25) is 0 Å². The molecule has 0 atom stereocenters. The van der Waals surface area contributed by atoms with Crippen LogP contribution < -0.4 is 25.6 Å². The molecule has 0 amide bonds. The summed E-state index contributed by atoms with van der Waals surface area (Å²) in [5.41, 5.74) is 5.74. The van der Waals surface area contributed by atoms with Gasteiger partial charge in [0.2, 0.25) is 5.95 Å². The second kappa shape index (κ2) is 12.6. The Morgan fingerprint density at radius 1 is 0.914 bits per heavy atom. The number of methoxy groups -OCH3 is 1. The summed E-state index contributed by atoms with van der Waals surface area (Å²) < 4.78 is 5.59. The number of rotatable bonds is 13. The van der Waals surface area contributed by atoms with E-state index < -0.39 is 0 Å². The molecule has 3 aromatic rings. The molecule has 0 radical (unpaired) electrons. The molecule has 0 fully saturated rings. The van der Waals surface area contributed by atoms with E-state index >= 15 is 0 Å². The Bertz CT molecular complexity index is 1110. The minimum absolute atomic E-state index is 0.666. The number of hydrogen-bond donors (Lipinski definition) is 3. The average Bonchev–Trinajstić information content (AvgIpc) is 2.82. The van der Waals surface area contributed by atoms with Gasteiger partial charge in [-0.15, -0.1) is 0 Å². The molecule has 35 heavy (non-hydrogen) atoms. The highest BCUT2D eigenvalue weighted by Crippen LogP contribution is 2.28. The summed E-state index contributed by atoms with van der Waals surface area (Å²) in [7, 11) is 9.99. The molecule has 1 aromatic heterocycles. The summed E-state index contributed by atoms with van der Waals surface area (Å²) in [6, 6.07) is 10.5. The molecular weight excluding hydrogens is 438 g/mol. The first-order valence-electron chi connectivity index (χ1n) is 12.3. The molecule has 2 aromatic carbocycles. The van der Waals surface area contributed by atoms with Crippen LogP contribution in [0.25, 0.3) is 10.9 Å². The SMILES string of the molecule is COc1cccc(N(C)C)c1CNCCNc1nc(NCCCN(C)C)nc2cc(C)c(C)cc12. The van der Waals surface area contributed by atoms with E-state index in [0.717, 1.165) is 72.9 Å². The van der Waals surface area contributed by atoms with Crippen molar-refractivity contribution in [1.29, 1.82) is 0 Å². The summed E-state index contributed by atoms with van der Waals surface area (Å²) in [6.45, 7) is 8.36. The van der Waals surface area contributed by atoms with Crippen molar-refractivity contribution in [3.8, 4) is 5.75 Å². The minimum Gasteiger partial charge on any atom is -0.496 e. The lowest BCUT2D eigenvalue weighted by molar-refractivity contribution is 0.405. The van der Waals surface area contributed by atoms with Crippen molar-refractivity contribution in [2.45, 2.75) is 26.8 Å². The molecule has 1 heterocycles. The Balaban J connectivity index is 1.67. The molecule has 190 valence electrons. The normalized spacial score (nSPS) is 11.2. The lowest BCUT2D eigenvalue weighted by Crippen LogP contribution is -2.24. The van der Waals surface area contributed by atoms with E-state index in [1.54, 1.807) is 7.11 Å². The fourth-order valence-electron chi connectivity index (χ4n) is 4.02. The summed E-state index contributed by atoms with van der Waals surface area (Å²) in [6.07, 6.45) is 1.03. The Morgan fingerprint density at radius 3 is 2.40 bits per heavy atom. The number of benzene rings is 2. The van der Waals surface area contributed by atoms with Gasteiger partial charge in [0.1, 0.15) is 11.6 Å². The van der Waals surface area contributed by atoms with E-state index in [4.69, 9.17) is 14.7 Å². The van der Waals surface area contributed by atoms with E-state index in [1.807, 2.05) is 12.1 Å². The first-order valence-corrected chi connectivity index (χ1v) is 12.3. The fraction of sp³-hybridized carbons (Fsp3) is 0.481. The molecule has 3 N–H and O–H groups in total. The van der Waals surface area contributed by atoms with Crippen LogP contribution in [0, 0.1) is 13.8 Å². The van der Waals surface area contributed by atoms with Crippen LogP contribution >= 0.6 is 0 Å². The van der Waals surface area contributed by atoms with Crippen LogP contribution in [0.15, 0.2) is 30.3 Å². The third kappa shape index (κ3) is 7.19. The van der Waals surface area contributed by atoms with Crippen LogP contribution in [0.5, 0.6) is 5.75 Å². The van der Waals surface area contributed by atoms with E-state index in [0.29, 0.717) is 5.95 Å². The predicted molar refractivity (Wildman–Crippen MR) is 148 cm³/mol. The Hall–Kier alpha value is -3.10. The minimum atomic E-state index is 0.666. The van der Waals surface area contributed by atoms with Gasteiger partial charge < -0.3 is 30.5 Å². The zero-order chi connectivity index (χ0) is 25.4. The standard InChI is InChI=1S/C27H41N7O/c1-19-16-21-23(17-20(19)2)31-27(30-12-9-15-33(3)4)32-26(21)29-14-13-28-18-22-24(34(5)6)10-8-11-25(22)35-7/h8,10-11,16-17,28H,9,12-15,18H2,1-7H3,(H2,29,30,31,32). The van der Waals surface area contributed by atoms with Gasteiger partial charge in [0.25, 0.3) is 0 Å². The molecule has 0 saturated carbocycles. The summed E-state index contributed by atoms with van der Waals surface area (Å²) in [4.78, 5) is 13.9. The maximum Gasteiger partial charge on any atom is 0.225 e. The van der Waals surface area contributed by atoms with Gasteiger partial charge in [0.05, 0.1) is 12.6 Å². The van der Waals surface area contributed by atoms with E-state index in [9.17, 15) is 0 Å². The largest absolute Gasteiger partial charge is 0.496 e. The molecule has 0 saturated heterocycles. The van der Waals surface area contributed by atoms with Gasteiger partial charge in [-0.1, -0.05) is 6.07 Å². The maximum absolute atomic E-state index is 5.59. The first-order chi connectivity index (χ1) is 16.8. The highest BCUT2D eigenvalue weighted by Gasteiger charge is 2.12. The van der Waals surface area contributed by atoms with Gasteiger partial charge >= 0.3 is 0 Å². The molecule has 0 aliphatic rings. The summed E-state index contributed by atoms with van der Waals surface area (Å²) in [5.74, 6) is 2.43. The van der Waals surface area contributed by atoms with Crippen LogP contribution in [-0.2, 0) is 6.54 Å². The molecular formula is C27H41N7O. The number of aryl methyl sites for hydroxylation is 2. The smallest absolute Gasteiger partial charge is 0.225 e. The number of nitrogens with one attached hydrogen (secondary N) is 3. The molecule has 0 aliphatic carbocycles. The third-order valence-electron chi connectivity index (χ3n) is 6.08. The fourth-order valence-corrected chi connectivity index (χ4v) is 4.02. The van der Waals surface area contributed by atoms with E-state index in [2.05, 4.69) is 86.0 Å². The Kier molecular flexibility index (Phi) is 9.51. The lowest BCUT2D eigenvalue weighted by atomic mass is 10.1. The second-order valence-electron chi connectivity index (χ2n) is 9.39. The lowest BCUT2D eigenvalue weighted by Gasteiger charge is -2.20. The molecule has 0 bridgehead atoms. The van der Waals surface area contributed by atoms with Crippen molar-refractivity contribution < 1.29 is 4.74 Å². The summed E-state index contributed by atoms with van der Waals surface area (Å²) in [5, 5.41) is 11.5. The van der Waals surface area contributed by atoms with Gasteiger partial charge in [-0.05, 0) is 76.3 Å². The predicted octanol–water partition coefficient (Wildman–Crippen LogP) is 3.89. The van der Waals surface area contributed by atoms with Crippen molar-refractivity contribution in [3.63, 3.8) is 0 Å². The number of hydrogen-bond acceptors (Lipinski definition) is 8. The maximum atomic E-state index is 5.59. The van der Waals surface area contributed by atoms with Gasteiger partial charge in [-0.3, -0.25) is 0 Å². The van der Waals surface area contributed by atoms with Crippen LogP contribution in [0.1, 0.15) is 23.1 Å². The topological polar surface area (TPSA) is 77.6 Å².